The molecule has 150 valence electrons. The Morgan fingerprint density at radius 1 is 1.00 bits per heavy atom. The zero-order chi connectivity index (χ0) is 20.1. The van der Waals surface area contributed by atoms with Crippen LogP contribution in [-0.2, 0) is 6.42 Å². The number of amides is 1. The summed E-state index contributed by atoms with van der Waals surface area (Å²) in [5.41, 5.74) is 1.32. The van der Waals surface area contributed by atoms with E-state index in [2.05, 4.69) is 37.3 Å². The Kier molecular flexibility index (Phi) is 5.95. The lowest BCUT2D eigenvalue weighted by molar-refractivity contribution is 0.0950. The predicted molar refractivity (Wildman–Crippen MR) is 114 cm³/mol. The van der Waals surface area contributed by atoms with Crippen molar-refractivity contribution in [3.05, 3.63) is 60.0 Å². The molecule has 0 spiro atoms. The number of aromatic nitrogens is 3. The van der Waals surface area contributed by atoms with Crippen LogP contribution in [0.15, 0.2) is 48.7 Å². The maximum Gasteiger partial charge on any atom is 0.272 e. The summed E-state index contributed by atoms with van der Waals surface area (Å²) in [4.78, 5) is 21.7. The first kappa shape index (κ1) is 19.3. The molecule has 7 nitrogen and oxygen atoms in total. The van der Waals surface area contributed by atoms with Crippen molar-refractivity contribution in [2.24, 2.45) is 0 Å². The molecule has 1 N–H and O–H groups in total. The fraction of sp³-hybridized carbons (Fsp3) is 0.364. The van der Waals surface area contributed by atoms with Gasteiger partial charge in [0.1, 0.15) is 0 Å². The molecule has 1 fully saturated rings. The first-order valence-corrected chi connectivity index (χ1v) is 10.1. The van der Waals surface area contributed by atoms with Gasteiger partial charge in [-0.2, -0.15) is 0 Å². The SMILES string of the molecule is CN1CCCN(c2nnc(C(=O)NCCc3ccccn3)c3ccccc23)CC1. The molecule has 3 aromatic rings. The lowest BCUT2D eigenvalue weighted by Gasteiger charge is -2.23. The predicted octanol–water partition coefficient (Wildman–Crippen LogP) is 2.14. The van der Waals surface area contributed by atoms with Crippen LogP contribution < -0.4 is 10.2 Å². The lowest BCUT2D eigenvalue weighted by Crippen LogP contribution is -2.31. The van der Waals surface area contributed by atoms with Gasteiger partial charge in [-0.15, -0.1) is 10.2 Å². The number of hydrogen-bond donors (Lipinski definition) is 1. The van der Waals surface area contributed by atoms with E-state index in [4.69, 9.17) is 0 Å². The number of nitrogens with one attached hydrogen (secondary N) is 1. The van der Waals surface area contributed by atoms with Crippen LogP contribution in [0.3, 0.4) is 0 Å². The van der Waals surface area contributed by atoms with Gasteiger partial charge in [0.15, 0.2) is 11.5 Å². The summed E-state index contributed by atoms with van der Waals surface area (Å²) in [7, 11) is 2.14. The zero-order valence-corrected chi connectivity index (χ0v) is 16.7. The molecule has 0 saturated carbocycles. The van der Waals surface area contributed by atoms with Crippen LogP contribution in [0.2, 0.25) is 0 Å². The summed E-state index contributed by atoms with van der Waals surface area (Å²) < 4.78 is 0. The van der Waals surface area contributed by atoms with Crippen molar-refractivity contribution >= 4 is 22.5 Å². The van der Waals surface area contributed by atoms with E-state index in [1.165, 1.54) is 0 Å². The number of rotatable bonds is 5. The molecule has 0 unspecified atom stereocenters. The molecule has 29 heavy (non-hydrogen) atoms. The van der Waals surface area contributed by atoms with Gasteiger partial charge < -0.3 is 15.1 Å². The Morgan fingerprint density at radius 3 is 2.66 bits per heavy atom. The second-order valence-electron chi connectivity index (χ2n) is 7.39. The summed E-state index contributed by atoms with van der Waals surface area (Å²) in [6.45, 7) is 4.43. The molecule has 0 aliphatic carbocycles. The van der Waals surface area contributed by atoms with Crippen LogP contribution in [0, 0.1) is 0 Å². The summed E-state index contributed by atoms with van der Waals surface area (Å²) in [5, 5.41) is 13.6. The van der Waals surface area contributed by atoms with Crippen LogP contribution in [0.4, 0.5) is 5.82 Å². The maximum atomic E-state index is 12.8. The average molecular weight is 390 g/mol. The first-order valence-electron chi connectivity index (χ1n) is 10.1. The van der Waals surface area contributed by atoms with Gasteiger partial charge in [0, 0.05) is 55.3 Å². The highest BCUT2D eigenvalue weighted by Crippen LogP contribution is 2.26. The van der Waals surface area contributed by atoms with E-state index in [-0.39, 0.29) is 5.91 Å². The smallest absolute Gasteiger partial charge is 0.272 e. The molecule has 1 aliphatic heterocycles. The van der Waals surface area contributed by atoms with E-state index in [1.54, 1.807) is 6.20 Å². The number of carbonyl (C=O) groups is 1. The number of likely N-dealkylation sites (N-methyl/N-ethyl adjacent to an activating group) is 1. The van der Waals surface area contributed by atoms with Gasteiger partial charge in [-0.1, -0.05) is 30.3 Å². The number of anilines is 1. The highest BCUT2D eigenvalue weighted by Gasteiger charge is 2.20. The number of pyridine rings is 1. The third kappa shape index (κ3) is 4.51. The molecule has 3 heterocycles. The standard InChI is InChI=1S/C22H26N6O/c1-27-13-6-14-28(16-15-27)21-19-9-3-2-8-18(19)20(25-26-21)22(29)24-12-10-17-7-4-5-11-23-17/h2-5,7-9,11H,6,10,12-16H2,1H3,(H,24,29). The van der Waals surface area contributed by atoms with Gasteiger partial charge >= 0.3 is 0 Å². The Hall–Kier alpha value is -3.06. The summed E-state index contributed by atoms with van der Waals surface area (Å²) in [5.74, 6) is 0.660. The fourth-order valence-electron chi connectivity index (χ4n) is 3.68. The van der Waals surface area contributed by atoms with Gasteiger partial charge in [-0.3, -0.25) is 9.78 Å². The first-order chi connectivity index (χ1) is 14.2. The summed E-state index contributed by atoms with van der Waals surface area (Å²) in [6.07, 6.45) is 3.52. The Morgan fingerprint density at radius 2 is 1.83 bits per heavy atom. The molecule has 7 heteroatoms. The third-order valence-electron chi connectivity index (χ3n) is 5.29. The monoisotopic (exact) mass is 390 g/mol. The molecule has 1 aromatic carbocycles. The number of carbonyl (C=O) groups excluding carboxylic acids is 1. The average Bonchev–Trinajstić information content (AvgIpc) is 2.98. The lowest BCUT2D eigenvalue weighted by atomic mass is 10.1. The Labute approximate surface area is 170 Å². The van der Waals surface area contributed by atoms with Crippen molar-refractivity contribution < 1.29 is 4.79 Å². The van der Waals surface area contributed by atoms with E-state index in [1.807, 2.05) is 42.5 Å². The molecule has 0 radical (unpaired) electrons. The molecular formula is C22H26N6O. The number of fused-ring (bicyclic) bond motifs is 1. The summed E-state index contributed by atoms with van der Waals surface area (Å²) >= 11 is 0. The van der Waals surface area contributed by atoms with E-state index < -0.39 is 0 Å². The van der Waals surface area contributed by atoms with Crippen LogP contribution >= 0.6 is 0 Å². The second-order valence-corrected chi connectivity index (χ2v) is 7.39. The highest BCUT2D eigenvalue weighted by molar-refractivity contribution is 6.07. The van der Waals surface area contributed by atoms with Crippen molar-refractivity contribution in [3.63, 3.8) is 0 Å². The van der Waals surface area contributed by atoms with Crippen molar-refractivity contribution in [2.45, 2.75) is 12.8 Å². The van der Waals surface area contributed by atoms with Gasteiger partial charge in [0.2, 0.25) is 0 Å². The van der Waals surface area contributed by atoms with Crippen LogP contribution in [0.25, 0.3) is 10.8 Å². The van der Waals surface area contributed by atoms with Crippen molar-refractivity contribution in [3.8, 4) is 0 Å². The van der Waals surface area contributed by atoms with Crippen LogP contribution in [0.5, 0.6) is 0 Å². The van der Waals surface area contributed by atoms with Crippen molar-refractivity contribution in [1.29, 1.82) is 0 Å². The molecule has 1 amide bonds. The molecule has 2 aromatic heterocycles. The van der Waals surface area contributed by atoms with E-state index in [0.717, 1.165) is 54.9 Å². The molecule has 1 aliphatic rings. The van der Waals surface area contributed by atoms with Crippen LogP contribution in [-0.4, -0.2) is 65.8 Å². The minimum Gasteiger partial charge on any atom is -0.353 e. The zero-order valence-electron chi connectivity index (χ0n) is 16.7. The molecule has 1 saturated heterocycles. The van der Waals surface area contributed by atoms with E-state index in [9.17, 15) is 4.79 Å². The Balaban J connectivity index is 1.54. The van der Waals surface area contributed by atoms with Crippen molar-refractivity contribution in [1.82, 2.24) is 25.4 Å². The number of benzene rings is 1. The third-order valence-corrected chi connectivity index (χ3v) is 5.29. The van der Waals surface area contributed by atoms with Gasteiger partial charge in [0.05, 0.1) is 0 Å². The molecule has 0 bridgehead atoms. The minimum atomic E-state index is -0.202. The summed E-state index contributed by atoms with van der Waals surface area (Å²) in [6, 6.07) is 13.7. The van der Waals surface area contributed by atoms with Gasteiger partial charge in [0.25, 0.3) is 5.91 Å². The topological polar surface area (TPSA) is 74.2 Å². The van der Waals surface area contributed by atoms with Gasteiger partial charge in [-0.25, -0.2) is 0 Å². The molecular weight excluding hydrogens is 364 g/mol. The fourth-order valence-corrected chi connectivity index (χ4v) is 3.68. The maximum absolute atomic E-state index is 12.8. The van der Waals surface area contributed by atoms with Gasteiger partial charge in [-0.05, 0) is 32.1 Å². The van der Waals surface area contributed by atoms with Crippen LogP contribution in [0.1, 0.15) is 22.6 Å². The second kappa shape index (κ2) is 8.96. The minimum absolute atomic E-state index is 0.202. The van der Waals surface area contributed by atoms with Crippen molar-refractivity contribution in [2.75, 3.05) is 44.7 Å². The molecule has 4 rings (SSSR count). The quantitative estimate of drug-likeness (QED) is 0.720. The number of nitrogens with zero attached hydrogens (tertiary/aromatic N) is 5. The van der Waals surface area contributed by atoms with E-state index >= 15 is 0 Å². The Bertz CT molecular complexity index is 977. The molecule has 0 atom stereocenters. The van der Waals surface area contributed by atoms with E-state index in [0.29, 0.717) is 18.7 Å². The number of hydrogen-bond acceptors (Lipinski definition) is 6. The normalized spacial score (nSPS) is 15.3. The highest BCUT2D eigenvalue weighted by atomic mass is 16.1. The largest absolute Gasteiger partial charge is 0.353 e.